The summed E-state index contributed by atoms with van der Waals surface area (Å²) in [5, 5.41) is 9.37. The van der Waals surface area contributed by atoms with Crippen molar-refractivity contribution in [2.45, 2.75) is 56.8 Å². The fraction of sp³-hybridized carbons (Fsp3) is 0.550. The minimum absolute atomic E-state index is 0.130. The van der Waals surface area contributed by atoms with Crippen LogP contribution >= 0.6 is 23.2 Å². The number of aromatic nitrogens is 1. The lowest BCUT2D eigenvalue weighted by molar-refractivity contribution is 0.00226. The highest BCUT2D eigenvalue weighted by atomic mass is 35.5. The van der Waals surface area contributed by atoms with E-state index in [0.29, 0.717) is 45.7 Å². The minimum Gasteiger partial charge on any atom is -0.373 e. The summed E-state index contributed by atoms with van der Waals surface area (Å²) in [6, 6.07) is 5.57. The summed E-state index contributed by atoms with van der Waals surface area (Å²) >= 11 is 12.8. The van der Waals surface area contributed by atoms with E-state index in [1.807, 2.05) is 18.2 Å². The van der Waals surface area contributed by atoms with Crippen molar-refractivity contribution in [2.75, 3.05) is 0 Å². The molecule has 0 amide bonds. The van der Waals surface area contributed by atoms with Gasteiger partial charge in [-0.05, 0) is 61.6 Å². The number of fused-ring (bicyclic) bond motifs is 2. The van der Waals surface area contributed by atoms with Crippen molar-refractivity contribution < 1.29 is 9.26 Å². The average Bonchev–Trinajstić information content (AvgIpc) is 3.14. The van der Waals surface area contributed by atoms with Gasteiger partial charge < -0.3 is 9.26 Å². The smallest absolute Gasteiger partial charge is 0.145 e. The Morgan fingerprint density at radius 3 is 2.61 bits per heavy atom. The molecule has 8 heteroatoms. The van der Waals surface area contributed by atoms with Crippen LogP contribution in [0.5, 0.6) is 0 Å². The van der Waals surface area contributed by atoms with Gasteiger partial charge in [0.05, 0.1) is 22.8 Å². The van der Waals surface area contributed by atoms with Crippen LogP contribution < -0.4 is 0 Å². The van der Waals surface area contributed by atoms with Crippen molar-refractivity contribution in [2.24, 2.45) is 17.0 Å². The van der Waals surface area contributed by atoms with E-state index < -0.39 is 0 Å². The average molecular weight is 419 g/mol. The van der Waals surface area contributed by atoms with E-state index in [1.165, 1.54) is 0 Å². The van der Waals surface area contributed by atoms with Gasteiger partial charge in [0.1, 0.15) is 11.5 Å². The summed E-state index contributed by atoms with van der Waals surface area (Å²) in [5.41, 5.74) is 11.1. The molecule has 28 heavy (non-hydrogen) atoms. The Bertz CT molecular complexity index is 931. The molecule has 146 valence electrons. The molecule has 3 aliphatic carbocycles. The predicted molar refractivity (Wildman–Crippen MR) is 106 cm³/mol. The van der Waals surface area contributed by atoms with Gasteiger partial charge in [-0.1, -0.05) is 39.5 Å². The first-order valence-electron chi connectivity index (χ1n) is 9.74. The van der Waals surface area contributed by atoms with Gasteiger partial charge in [0, 0.05) is 28.0 Å². The highest BCUT2D eigenvalue weighted by Gasteiger charge is 2.46. The Kier molecular flexibility index (Phi) is 4.76. The zero-order valence-corrected chi connectivity index (χ0v) is 16.7. The molecule has 1 aromatic carbocycles. The summed E-state index contributed by atoms with van der Waals surface area (Å²) in [6.45, 7) is 0.437. The van der Waals surface area contributed by atoms with E-state index in [9.17, 15) is 0 Å². The number of azide groups is 1. The molecule has 3 fully saturated rings. The number of nitrogens with zero attached hydrogens (tertiary/aromatic N) is 4. The first-order valence-corrected chi connectivity index (χ1v) is 10.5. The Balaban J connectivity index is 1.38. The Hall–Kier alpha value is -1.72. The van der Waals surface area contributed by atoms with Crippen LogP contribution in [-0.4, -0.2) is 17.3 Å². The number of ether oxygens (including phenoxy) is 1. The van der Waals surface area contributed by atoms with Gasteiger partial charge in [0.15, 0.2) is 0 Å². The summed E-state index contributed by atoms with van der Waals surface area (Å²) < 4.78 is 12.1. The molecule has 0 N–H and O–H groups in total. The molecule has 0 spiro atoms. The quantitative estimate of drug-likeness (QED) is 0.304. The van der Waals surface area contributed by atoms with Crippen LogP contribution in [-0.2, 0) is 11.3 Å². The molecule has 0 aliphatic heterocycles. The molecule has 2 bridgehead atoms. The summed E-state index contributed by atoms with van der Waals surface area (Å²) in [5.74, 6) is 2.21. The first-order chi connectivity index (χ1) is 13.7. The highest BCUT2D eigenvalue weighted by Crippen LogP contribution is 2.49. The molecule has 1 aromatic heterocycles. The van der Waals surface area contributed by atoms with Crippen molar-refractivity contribution in [3.63, 3.8) is 0 Å². The lowest BCUT2D eigenvalue weighted by Gasteiger charge is -2.25. The zero-order chi connectivity index (χ0) is 19.3. The second-order valence-electron chi connectivity index (χ2n) is 8.09. The molecule has 5 rings (SSSR count). The number of halogens is 2. The number of rotatable bonds is 6. The molecular formula is C20H20Cl2N4O2. The largest absolute Gasteiger partial charge is 0.373 e. The van der Waals surface area contributed by atoms with Crippen molar-refractivity contribution >= 4 is 23.2 Å². The van der Waals surface area contributed by atoms with E-state index in [1.54, 1.807) is 0 Å². The van der Waals surface area contributed by atoms with Crippen molar-refractivity contribution in [3.05, 3.63) is 50.0 Å². The van der Waals surface area contributed by atoms with Crippen LogP contribution in [0.4, 0.5) is 0 Å². The van der Waals surface area contributed by atoms with Gasteiger partial charge in [0.25, 0.3) is 0 Å². The predicted octanol–water partition coefficient (Wildman–Crippen LogP) is 6.52. The third-order valence-electron chi connectivity index (χ3n) is 6.36. The maximum Gasteiger partial charge on any atom is 0.145 e. The van der Waals surface area contributed by atoms with Crippen LogP contribution in [0.25, 0.3) is 21.7 Å². The van der Waals surface area contributed by atoms with Crippen LogP contribution in [0.15, 0.2) is 27.8 Å². The van der Waals surface area contributed by atoms with Crippen LogP contribution in [0.2, 0.25) is 10.0 Å². The lowest BCUT2D eigenvalue weighted by atomic mass is 9.93. The van der Waals surface area contributed by atoms with Gasteiger partial charge >= 0.3 is 0 Å². The Morgan fingerprint density at radius 2 is 1.96 bits per heavy atom. The number of hydrogen-bond acceptors (Lipinski definition) is 4. The van der Waals surface area contributed by atoms with Gasteiger partial charge in [-0.3, -0.25) is 0 Å². The molecule has 4 atom stereocenters. The van der Waals surface area contributed by atoms with Crippen LogP contribution in [0.3, 0.4) is 0 Å². The first kappa shape index (κ1) is 18.3. The molecule has 1 unspecified atom stereocenters. The van der Waals surface area contributed by atoms with Gasteiger partial charge in [-0.2, -0.15) is 0 Å². The van der Waals surface area contributed by atoms with E-state index in [-0.39, 0.29) is 12.1 Å². The minimum atomic E-state index is 0.130. The zero-order valence-electron chi connectivity index (χ0n) is 15.2. The maximum absolute atomic E-state index is 8.71. The lowest BCUT2D eigenvalue weighted by Crippen LogP contribution is -2.26. The molecular weight excluding hydrogens is 399 g/mol. The van der Waals surface area contributed by atoms with E-state index in [4.69, 9.17) is 38.0 Å². The summed E-state index contributed by atoms with van der Waals surface area (Å²) in [6.07, 6.45) is 5.35. The van der Waals surface area contributed by atoms with Crippen molar-refractivity contribution in [3.8, 4) is 11.3 Å². The summed E-state index contributed by atoms with van der Waals surface area (Å²) in [4.78, 5) is 2.99. The second-order valence-corrected chi connectivity index (χ2v) is 8.91. The number of benzene rings is 1. The van der Waals surface area contributed by atoms with Gasteiger partial charge in [-0.25, -0.2) is 0 Å². The SMILES string of the molecule is [N-]=[N+]=NC1C[C@@H]2C[C@H]1C[C@@H]2OCc1c(-c2c(Cl)cccc2Cl)noc1C1CC1. The molecule has 0 radical (unpaired) electrons. The van der Waals surface area contributed by atoms with Crippen LogP contribution in [0.1, 0.15) is 49.3 Å². The summed E-state index contributed by atoms with van der Waals surface area (Å²) in [7, 11) is 0. The molecule has 3 saturated carbocycles. The third-order valence-corrected chi connectivity index (χ3v) is 6.99. The molecule has 0 saturated heterocycles. The topological polar surface area (TPSA) is 84.0 Å². The van der Waals surface area contributed by atoms with Crippen molar-refractivity contribution in [1.82, 2.24) is 5.16 Å². The van der Waals surface area contributed by atoms with E-state index in [0.717, 1.165) is 43.4 Å². The normalized spacial score (nSPS) is 28.5. The third kappa shape index (κ3) is 3.18. The molecule has 6 nitrogen and oxygen atoms in total. The van der Waals surface area contributed by atoms with E-state index >= 15 is 0 Å². The Morgan fingerprint density at radius 1 is 1.18 bits per heavy atom. The van der Waals surface area contributed by atoms with Gasteiger partial charge in [-0.15, -0.1) is 0 Å². The standard InChI is InChI=1S/C20H20Cl2N4O2/c21-14-2-1-3-15(22)18(14)19-13(20(28-25-19)10-4-5-10)9-27-17-8-11-6-12(17)7-16(11)24-26-23/h1-3,10-12,16-17H,4-9H2/t11-,12-,16?,17-/m0/s1. The molecule has 3 aliphatic rings. The molecule has 2 aromatic rings. The second kappa shape index (κ2) is 7.27. The monoisotopic (exact) mass is 418 g/mol. The fourth-order valence-electron chi connectivity index (χ4n) is 4.84. The van der Waals surface area contributed by atoms with E-state index in [2.05, 4.69) is 15.2 Å². The van der Waals surface area contributed by atoms with Crippen molar-refractivity contribution in [1.29, 1.82) is 0 Å². The maximum atomic E-state index is 8.71. The highest BCUT2D eigenvalue weighted by molar-refractivity contribution is 6.39. The number of hydrogen-bond donors (Lipinski definition) is 0. The van der Waals surface area contributed by atoms with Gasteiger partial charge in [0.2, 0.25) is 0 Å². The molecule has 1 heterocycles. The Labute approximate surface area is 172 Å². The van der Waals surface area contributed by atoms with Crippen LogP contribution in [0, 0.1) is 11.8 Å². The fourth-order valence-corrected chi connectivity index (χ4v) is 5.42.